The molecule has 1 fully saturated rings. The van der Waals surface area contributed by atoms with Gasteiger partial charge >= 0.3 is 0 Å². The molecular weight excluding hydrogens is 366 g/mol. The van der Waals surface area contributed by atoms with Crippen molar-refractivity contribution in [1.29, 1.82) is 5.26 Å². The number of hydrogen-bond donors (Lipinski definition) is 1. The predicted molar refractivity (Wildman–Crippen MR) is 99.2 cm³/mol. The number of hydrogen-bond acceptors (Lipinski definition) is 5. The Bertz CT molecular complexity index is 935. The minimum Gasteiger partial charge on any atom is -0.494 e. The number of pyridine rings is 1. The minimum absolute atomic E-state index is 0.000162. The zero-order chi connectivity index (χ0) is 20.5. The number of nitrogens with zero attached hydrogens (tertiary/aromatic N) is 3. The van der Waals surface area contributed by atoms with Crippen molar-refractivity contribution >= 4 is 17.4 Å². The maximum atomic E-state index is 13.5. The van der Waals surface area contributed by atoms with Gasteiger partial charge in [0, 0.05) is 12.1 Å². The van der Waals surface area contributed by atoms with Crippen molar-refractivity contribution < 1.29 is 18.3 Å². The second kappa shape index (κ2) is 7.43. The zero-order valence-corrected chi connectivity index (χ0v) is 15.8. The molecular formula is C20H20F2N4O2. The first kappa shape index (κ1) is 19.5. The summed E-state index contributed by atoms with van der Waals surface area (Å²) in [6.07, 6.45) is 3.71. The number of nitriles is 1. The van der Waals surface area contributed by atoms with E-state index in [-0.39, 0.29) is 34.4 Å². The molecule has 1 aliphatic rings. The molecule has 0 spiro atoms. The van der Waals surface area contributed by atoms with Gasteiger partial charge in [0.1, 0.15) is 23.2 Å². The Balaban J connectivity index is 1.95. The van der Waals surface area contributed by atoms with Crippen LogP contribution in [0.4, 0.5) is 20.3 Å². The smallest absolute Gasteiger partial charge is 0.274 e. The third-order valence-electron chi connectivity index (χ3n) is 5.04. The van der Waals surface area contributed by atoms with Gasteiger partial charge in [-0.1, -0.05) is 13.8 Å². The van der Waals surface area contributed by atoms with E-state index >= 15 is 0 Å². The minimum atomic E-state index is -0.825. The summed E-state index contributed by atoms with van der Waals surface area (Å²) in [5, 5.41) is 12.4. The Kier molecular flexibility index (Phi) is 5.18. The van der Waals surface area contributed by atoms with Gasteiger partial charge in [0.15, 0.2) is 11.9 Å². The molecule has 146 valence electrons. The van der Waals surface area contributed by atoms with Crippen LogP contribution in [0.3, 0.4) is 0 Å². The highest BCUT2D eigenvalue weighted by atomic mass is 19.1. The van der Waals surface area contributed by atoms with Gasteiger partial charge < -0.3 is 10.1 Å². The molecule has 1 aromatic heterocycles. The van der Waals surface area contributed by atoms with Gasteiger partial charge in [-0.3, -0.25) is 4.79 Å². The van der Waals surface area contributed by atoms with Crippen molar-refractivity contribution in [3.63, 3.8) is 0 Å². The summed E-state index contributed by atoms with van der Waals surface area (Å²) in [5.41, 5.74) is -0.0397. The highest BCUT2D eigenvalue weighted by Crippen LogP contribution is 2.40. The molecule has 8 heteroatoms. The van der Waals surface area contributed by atoms with Gasteiger partial charge in [-0.25, -0.2) is 18.7 Å². The van der Waals surface area contributed by atoms with Crippen LogP contribution in [0, 0.1) is 28.5 Å². The molecule has 2 aromatic rings. The zero-order valence-electron chi connectivity index (χ0n) is 15.8. The molecule has 1 saturated carbocycles. The van der Waals surface area contributed by atoms with Crippen LogP contribution in [0.15, 0.2) is 30.3 Å². The second-order valence-corrected chi connectivity index (χ2v) is 7.34. The van der Waals surface area contributed by atoms with Crippen molar-refractivity contribution in [3.8, 4) is 11.9 Å². The monoisotopic (exact) mass is 386 g/mol. The lowest BCUT2D eigenvalue weighted by Crippen LogP contribution is -2.52. The van der Waals surface area contributed by atoms with Crippen LogP contribution < -0.4 is 15.0 Å². The fraction of sp³-hybridized carbons (Fsp3) is 0.350. The van der Waals surface area contributed by atoms with E-state index in [0.29, 0.717) is 6.07 Å². The van der Waals surface area contributed by atoms with Crippen LogP contribution in [0.2, 0.25) is 0 Å². The number of aromatic nitrogens is 1. The highest BCUT2D eigenvalue weighted by molar-refractivity contribution is 5.96. The normalized spacial score (nSPS) is 17.2. The summed E-state index contributed by atoms with van der Waals surface area (Å²) in [5.74, 6) is -1.80. The number of nitrogens with one attached hydrogen (secondary N) is 1. The summed E-state index contributed by atoms with van der Waals surface area (Å²) in [6, 6.07) is 5.67. The number of benzene rings is 1. The Labute approximate surface area is 161 Å². The maximum Gasteiger partial charge on any atom is 0.274 e. The van der Waals surface area contributed by atoms with Crippen molar-refractivity contribution in [3.05, 3.63) is 47.7 Å². The third-order valence-corrected chi connectivity index (χ3v) is 5.04. The predicted octanol–water partition coefficient (Wildman–Crippen LogP) is 3.91. The Morgan fingerprint density at radius 2 is 2.00 bits per heavy atom. The molecule has 1 unspecified atom stereocenters. The summed E-state index contributed by atoms with van der Waals surface area (Å²) in [7, 11) is 1.41. The number of halogens is 2. The van der Waals surface area contributed by atoms with Crippen LogP contribution in [0.5, 0.6) is 5.75 Å². The largest absolute Gasteiger partial charge is 0.494 e. The molecule has 1 aliphatic carbocycles. The fourth-order valence-electron chi connectivity index (χ4n) is 3.16. The summed E-state index contributed by atoms with van der Waals surface area (Å²) in [6.45, 7) is 4.14. The molecule has 1 atom stereocenters. The van der Waals surface area contributed by atoms with Crippen molar-refractivity contribution in [2.75, 3.05) is 12.0 Å². The number of amides is 1. The van der Waals surface area contributed by atoms with Crippen LogP contribution in [0.1, 0.15) is 37.2 Å². The molecule has 1 heterocycles. The van der Waals surface area contributed by atoms with E-state index < -0.39 is 17.5 Å². The van der Waals surface area contributed by atoms with Crippen LogP contribution in [-0.2, 0) is 0 Å². The van der Waals surface area contributed by atoms with Gasteiger partial charge in [-0.05, 0) is 42.5 Å². The molecule has 1 aromatic carbocycles. The SMILES string of the molecule is COc1ccc(N(C#N)c2cc(F)cc(F)c2)nc1C(=O)NC1CCC1(C)C. The lowest BCUT2D eigenvalue weighted by atomic mass is 9.67. The number of carbonyl (C=O) groups excluding carboxylic acids is 1. The molecule has 28 heavy (non-hydrogen) atoms. The van der Waals surface area contributed by atoms with Gasteiger partial charge in [-0.15, -0.1) is 0 Å². The number of anilines is 2. The highest BCUT2D eigenvalue weighted by Gasteiger charge is 2.39. The first-order chi connectivity index (χ1) is 13.2. The van der Waals surface area contributed by atoms with Gasteiger partial charge in [0.25, 0.3) is 5.91 Å². The lowest BCUT2D eigenvalue weighted by molar-refractivity contribution is 0.0725. The van der Waals surface area contributed by atoms with E-state index in [2.05, 4.69) is 24.1 Å². The first-order valence-electron chi connectivity index (χ1n) is 8.77. The van der Waals surface area contributed by atoms with E-state index in [1.54, 1.807) is 0 Å². The van der Waals surface area contributed by atoms with Gasteiger partial charge in [0.2, 0.25) is 0 Å². The average molecular weight is 386 g/mol. The first-order valence-corrected chi connectivity index (χ1v) is 8.77. The number of carbonyl (C=O) groups is 1. The molecule has 3 rings (SSSR count). The Morgan fingerprint density at radius 1 is 1.32 bits per heavy atom. The topological polar surface area (TPSA) is 78.2 Å². The molecule has 0 saturated heterocycles. The van der Waals surface area contributed by atoms with E-state index in [4.69, 9.17) is 4.74 Å². The van der Waals surface area contributed by atoms with Crippen LogP contribution in [0.25, 0.3) is 0 Å². The summed E-state index contributed by atoms with van der Waals surface area (Å²) in [4.78, 5) is 17.9. The standard InChI is InChI=1S/C20H20F2N4O2/c1-20(2)7-6-16(20)24-19(27)18-15(28-3)4-5-17(25-18)26(11-23)14-9-12(21)8-13(22)10-14/h4-5,8-10,16H,6-7H2,1-3H3,(H,24,27). The van der Waals surface area contributed by atoms with Gasteiger partial charge in [-0.2, -0.15) is 5.26 Å². The molecule has 0 radical (unpaired) electrons. The molecule has 1 amide bonds. The molecule has 1 N–H and O–H groups in total. The summed E-state index contributed by atoms with van der Waals surface area (Å²) >= 11 is 0. The van der Waals surface area contributed by atoms with E-state index in [0.717, 1.165) is 29.9 Å². The Morgan fingerprint density at radius 3 is 2.50 bits per heavy atom. The molecule has 0 bridgehead atoms. The van der Waals surface area contributed by atoms with Crippen LogP contribution in [-0.4, -0.2) is 24.0 Å². The average Bonchev–Trinajstić information content (AvgIpc) is 2.65. The number of ether oxygens (including phenoxy) is 1. The molecule has 6 nitrogen and oxygen atoms in total. The number of methoxy groups -OCH3 is 1. The maximum absolute atomic E-state index is 13.5. The van der Waals surface area contributed by atoms with Gasteiger partial charge in [0.05, 0.1) is 12.8 Å². The summed E-state index contributed by atoms with van der Waals surface area (Å²) < 4.78 is 32.3. The van der Waals surface area contributed by atoms with E-state index in [1.165, 1.54) is 19.2 Å². The fourth-order valence-corrected chi connectivity index (χ4v) is 3.16. The quantitative estimate of drug-likeness (QED) is 0.623. The Hall–Kier alpha value is -3.21. The van der Waals surface area contributed by atoms with Crippen LogP contribution >= 0.6 is 0 Å². The van der Waals surface area contributed by atoms with E-state index in [9.17, 15) is 18.8 Å². The molecule has 0 aliphatic heterocycles. The van der Waals surface area contributed by atoms with Crippen molar-refractivity contribution in [1.82, 2.24) is 10.3 Å². The van der Waals surface area contributed by atoms with Crippen molar-refractivity contribution in [2.45, 2.75) is 32.7 Å². The van der Waals surface area contributed by atoms with Crippen molar-refractivity contribution in [2.24, 2.45) is 5.41 Å². The second-order valence-electron chi connectivity index (χ2n) is 7.34. The lowest BCUT2D eigenvalue weighted by Gasteiger charge is -2.44. The third kappa shape index (κ3) is 3.74. The number of rotatable bonds is 5. The van der Waals surface area contributed by atoms with E-state index in [1.807, 2.05) is 6.19 Å².